The van der Waals surface area contributed by atoms with Gasteiger partial charge in [0.15, 0.2) is 0 Å². The van der Waals surface area contributed by atoms with Crippen molar-refractivity contribution in [1.29, 1.82) is 0 Å². The first kappa shape index (κ1) is 17.6. The molecule has 0 heterocycles. The van der Waals surface area contributed by atoms with Crippen LogP contribution in [0, 0.1) is 12.8 Å². The minimum absolute atomic E-state index is 0.563. The van der Waals surface area contributed by atoms with Gasteiger partial charge in [-0.15, -0.1) is 0 Å². The molecule has 0 aliphatic heterocycles. The molecule has 132 valence electrons. The van der Waals surface area contributed by atoms with Crippen molar-refractivity contribution in [2.24, 2.45) is 5.92 Å². The Bertz CT molecular complexity index is 732. The third-order valence-corrected chi connectivity index (χ3v) is 5.23. The lowest BCUT2D eigenvalue weighted by molar-refractivity contribution is 0.358. The van der Waals surface area contributed by atoms with Crippen LogP contribution in [0.5, 0.6) is 5.75 Å². The summed E-state index contributed by atoms with van der Waals surface area (Å²) in [5.74, 6) is 1.68. The lowest BCUT2D eigenvalue weighted by atomic mass is 9.86. The summed E-state index contributed by atoms with van der Waals surface area (Å²) >= 11 is 0. The Kier molecular flexibility index (Phi) is 5.47. The summed E-state index contributed by atoms with van der Waals surface area (Å²) < 4.78 is 5.26. The van der Waals surface area contributed by atoms with E-state index in [1.807, 2.05) is 12.1 Å². The van der Waals surface area contributed by atoms with Crippen molar-refractivity contribution in [1.82, 2.24) is 0 Å². The molecule has 2 heteroatoms. The third kappa shape index (κ3) is 4.25. The van der Waals surface area contributed by atoms with Crippen LogP contribution in [0.1, 0.15) is 49.3 Å². The smallest absolute Gasteiger partial charge is 0.118 e. The van der Waals surface area contributed by atoms with Gasteiger partial charge < -0.3 is 10.1 Å². The van der Waals surface area contributed by atoms with Crippen LogP contribution in [0.4, 0.5) is 5.69 Å². The van der Waals surface area contributed by atoms with Crippen molar-refractivity contribution in [3.8, 4) is 5.75 Å². The Morgan fingerprint density at radius 2 is 1.88 bits per heavy atom. The number of anilines is 1. The van der Waals surface area contributed by atoms with Gasteiger partial charge in [0.2, 0.25) is 0 Å². The van der Waals surface area contributed by atoms with Gasteiger partial charge in [-0.1, -0.05) is 50.6 Å². The summed E-state index contributed by atoms with van der Waals surface area (Å²) in [6.07, 6.45) is 5.19. The largest absolute Gasteiger partial charge is 0.497 e. The summed E-state index contributed by atoms with van der Waals surface area (Å²) in [5.41, 5.74) is 5.85. The maximum atomic E-state index is 5.26. The van der Waals surface area contributed by atoms with Crippen molar-refractivity contribution < 1.29 is 4.74 Å². The van der Waals surface area contributed by atoms with E-state index >= 15 is 0 Å². The van der Waals surface area contributed by atoms with E-state index in [1.165, 1.54) is 42.5 Å². The van der Waals surface area contributed by atoms with Gasteiger partial charge in [-0.2, -0.15) is 0 Å². The average molecular weight is 335 g/mol. The molecule has 2 aromatic carbocycles. The zero-order valence-corrected chi connectivity index (χ0v) is 15.6. The van der Waals surface area contributed by atoms with Gasteiger partial charge in [-0.25, -0.2) is 0 Å². The summed E-state index contributed by atoms with van der Waals surface area (Å²) in [4.78, 5) is 0. The van der Waals surface area contributed by atoms with E-state index in [9.17, 15) is 0 Å². The summed E-state index contributed by atoms with van der Waals surface area (Å²) in [7, 11) is 1.69. The van der Waals surface area contributed by atoms with Gasteiger partial charge >= 0.3 is 0 Å². The molecule has 1 saturated carbocycles. The van der Waals surface area contributed by atoms with Crippen molar-refractivity contribution in [3.05, 3.63) is 65.7 Å². The molecule has 1 aliphatic rings. The predicted octanol–water partition coefficient (Wildman–Crippen LogP) is 6.06. The molecule has 2 unspecified atom stereocenters. The number of aryl methyl sites for hydroxylation is 1. The number of rotatable bonds is 5. The van der Waals surface area contributed by atoms with Crippen molar-refractivity contribution in [2.75, 3.05) is 12.4 Å². The fourth-order valence-electron chi connectivity index (χ4n) is 3.77. The highest BCUT2D eigenvalue weighted by molar-refractivity contribution is 5.85. The normalized spacial score (nSPS) is 20.1. The first-order valence-corrected chi connectivity index (χ1v) is 9.27. The number of ether oxygens (including phenoxy) is 1. The van der Waals surface area contributed by atoms with Gasteiger partial charge in [0.25, 0.3) is 0 Å². The van der Waals surface area contributed by atoms with Crippen LogP contribution in [0.25, 0.3) is 5.57 Å². The number of nitrogens with one attached hydrogen (secondary N) is 1. The van der Waals surface area contributed by atoms with Crippen LogP contribution in [-0.4, -0.2) is 13.2 Å². The van der Waals surface area contributed by atoms with E-state index in [0.29, 0.717) is 6.04 Å². The molecule has 1 aliphatic carbocycles. The van der Waals surface area contributed by atoms with Crippen molar-refractivity contribution in [2.45, 2.75) is 45.6 Å². The summed E-state index contributed by atoms with van der Waals surface area (Å²) in [5, 5.41) is 3.81. The predicted molar refractivity (Wildman–Crippen MR) is 107 cm³/mol. The molecule has 0 amide bonds. The molecule has 1 fully saturated rings. The van der Waals surface area contributed by atoms with E-state index in [-0.39, 0.29) is 0 Å². The van der Waals surface area contributed by atoms with Gasteiger partial charge in [-0.05, 0) is 60.6 Å². The lowest BCUT2D eigenvalue weighted by Gasteiger charge is -2.29. The van der Waals surface area contributed by atoms with Crippen LogP contribution in [0.3, 0.4) is 0 Å². The highest BCUT2D eigenvalue weighted by Crippen LogP contribution is 2.33. The topological polar surface area (TPSA) is 21.3 Å². The molecule has 2 atom stereocenters. The number of hydrogen-bond donors (Lipinski definition) is 1. The maximum absolute atomic E-state index is 5.26. The monoisotopic (exact) mass is 335 g/mol. The molecule has 0 radical (unpaired) electrons. The molecule has 0 spiro atoms. The molecule has 0 bridgehead atoms. The summed E-state index contributed by atoms with van der Waals surface area (Å²) in [6, 6.07) is 15.3. The third-order valence-electron chi connectivity index (χ3n) is 5.23. The molecular weight excluding hydrogens is 306 g/mol. The van der Waals surface area contributed by atoms with Crippen LogP contribution in [-0.2, 0) is 0 Å². The van der Waals surface area contributed by atoms with Crippen molar-refractivity contribution in [3.63, 3.8) is 0 Å². The van der Waals surface area contributed by atoms with Crippen LogP contribution >= 0.6 is 0 Å². The Morgan fingerprint density at radius 3 is 2.56 bits per heavy atom. The van der Waals surface area contributed by atoms with Crippen LogP contribution < -0.4 is 10.1 Å². The maximum Gasteiger partial charge on any atom is 0.118 e. The van der Waals surface area contributed by atoms with Crippen LogP contribution in [0.15, 0.2) is 49.0 Å². The molecule has 0 aromatic heterocycles. The highest BCUT2D eigenvalue weighted by atomic mass is 16.5. The number of methoxy groups -OCH3 is 1. The highest BCUT2D eigenvalue weighted by Gasteiger charge is 2.20. The Labute approximate surface area is 151 Å². The molecule has 0 saturated heterocycles. The number of hydrogen-bond acceptors (Lipinski definition) is 2. The molecular formula is C23H29NO. The SMILES string of the molecule is C=C(c1ccc(OC)cc1)c1ccc(C)cc1NC1CCCC(C)C1. The van der Waals surface area contributed by atoms with Gasteiger partial charge in [0.1, 0.15) is 5.75 Å². The standard InChI is InChI=1S/C23H29NO/c1-16-6-5-7-20(14-16)24-23-15-17(2)8-13-22(23)18(3)19-9-11-21(25-4)12-10-19/h8-13,15-16,20,24H,3,5-7,14H2,1-2,4H3. The second-order valence-electron chi connectivity index (χ2n) is 7.37. The fourth-order valence-corrected chi connectivity index (χ4v) is 3.77. The lowest BCUT2D eigenvalue weighted by Crippen LogP contribution is -2.26. The van der Waals surface area contributed by atoms with Gasteiger partial charge in [0, 0.05) is 17.3 Å². The van der Waals surface area contributed by atoms with E-state index in [2.05, 4.69) is 56.1 Å². The van der Waals surface area contributed by atoms with Gasteiger partial charge in [0.05, 0.1) is 7.11 Å². The van der Waals surface area contributed by atoms with E-state index < -0.39 is 0 Å². The minimum Gasteiger partial charge on any atom is -0.497 e. The molecule has 2 aromatic rings. The Balaban J connectivity index is 1.86. The van der Waals surface area contributed by atoms with Crippen molar-refractivity contribution >= 4 is 11.3 Å². The first-order valence-electron chi connectivity index (χ1n) is 9.27. The second kappa shape index (κ2) is 7.77. The van der Waals surface area contributed by atoms with E-state index in [4.69, 9.17) is 4.74 Å². The van der Waals surface area contributed by atoms with Crippen LogP contribution in [0.2, 0.25) is 0 Å². The van der Waals surface area contributed by atoms with E-state index in [0.717, 1.165) is 22.8 Å². The molecule has 25 heavy (non-hydrogen) atoms. The fraction of sp³-hybridized carbons (Fsp3) is 0.391. The quantitative estimate of drug-likeness (QED) is 0.717. The molecule has 1 N–H and O–H groups in total. The first-order chi connectivity index (χ1) is 12.1. The molecule has 2 nitrogen and oxygen atoms in total. The van der Waals surface area contributed by atoms with E-state index in [1.54, 1.807) is 7.11 Å². The zero-order chi connectivity index (χ0) is 17.8. The Hall–Kier alpha value is -2.22. The number of benzene rings is 2. The summed E-state index contributed by atoms with van der Waals surface area (Å²) in [6.45, 7) is 8.88. The zero-order valence-electron chi connectivity index (χ0n) is 15.6. The van der Waals surface area contributed by atoms with Gasteiger partial charge in [-0.3, -0.25) is 0 Å². The minimum atomic E-state index is 0.563. The average Bonchev–Trinajstić information content (AvgIpc) is 2.61. The molecule has 3 rings (SSSR count). The Morgan fingerprint density at radius 1 is 1.12 bits per heavy atom. The second-order valence-corrected chi connectivity index (χ2v) is 7.37.